The molecule has 0 fully saturated rings. The minimum absolute atomic E-state index is 0.0231. The van der Waals surface area contributed by atoms with Crippen molar-refractivity contribution in [2.24, 2.45) is 0 Å². The van der Waals surface area contributed by atoms with Gasteiger partial charge in [-0.2, -0.15) is 0 Å². The van der Waals surface area contributed by atoms with Crippen LogP contribution in [0.25, 0.3) is 16.8 Å². The number of hydrogen-bond donors (Lipinski definition) is 3. The normalized spacial score (nSPS) is 12.0. The zero-order chi connectivity index (χ0) is 28.6. The predicted molar refractivity (Wildman–Crippen MR) is 164 cm³/mol. The van der Waals surface area contributed by atoms with Crippen molar-refractivity contribution in [1.29, 1.82) is 0 Å². The maximum atomic E-state index is 13.2. The molecule has 8 heteroatoms. The van der Waals surface area contributed by atoms with Gasteiger partial charge in [-0.15, -0.1) is 11.8 Å². The first kappa shape index (κ1) is 27.5. The summed E-state index contributed by atoms with van der Waals surface area (Å²) in [6, 6.07) is 33.0. The fourth-order valence-electron chi connectivity index (χ4n) is 4.07. The predicted octanol–water partition coefficient (Wildman–Crippen LogP) is 6.96. The topological polar surface area (TPSA) is 100 Å². The number of benzene rings is 4. The number of carbonyl (C=O) groups excluding carboxylic acids is 3. The van der Waals surface area contributed by atoms with Crippen LogP contribution in [0.3, 0.4) is 0 Å². The summed E-state index contributed by atoms with van der Waals surface area (Å²) in [7, 11) is 0. The van der Waals surface area contributed by atoms with Gasteiger partial charge in [0.05, 0.1) is 11.5 Å². The van der Waals surface area contributed by atoms with Crippen LogP contribution >= 0.6 is 11.8 Å². The van der Waals surface area contributed by atoms with E-state index in [1.54, 1.807) is 54.6 Å². The maximum absolute atomic E-state index is 13.2. The molecule has 0 radical (unpaired) electrons. The van der Waals surface area contributed by atoms with E-state index in [1.165, 1.54) is 24.1 Å². The Hall–Kier alpha value is -5.08. The summed E-state index contributed by atoms with van der Waals surface area (Å²) in [5, 5.41) is 10.3. The minimum atomic E-state index is -0.519. The monoisotopic (exact) mass is 561 g/mol. The average Bonchev–Trinajstić information content (AvgIpc) is 3.50. The van der Waals surface area contributed by atoms with E-state index in [9.17, 15) is 14.4 Å². The zero-order valence-corrected chi connectivity index (χ0v) is 23.0. The molecule has 1 atom stereocenters. The third-order valence-corrected chi connectivity index (χ3v) is 7.24. The summed E-state index contributed by atoms with van der Waals surface area (Å²) in [6.07, 6.45) is 2.95. The van der Waals surface area contributed by atoms with Gasteiger partial charge in [0.15, 0.2) is 0 Å². The second-order valence-corrected chi connectivity index (χ2v) is 10.6. The standard InChI is InChI=1S/C33H27N3O4S/c1-22(31(37)34-27-17-16-23-9-5-6-12-25(23)19-27)41-29-15-7-13-26(20-29)35-33(39)30(21-28-14-8-18-40-28)36-32(38)24-10-3-2-4-11-24/h2-22H,1H3,(H,34,37)(H,35,39)(H,36,38)/b30-21-. The molecule has 1 heterocycles. The van der Waals surface area contributed by atoms with Gasteiger partial charge >= 0.3 is 0 Å². The van der Waals surface area contributed by atoms with Crippen molar-refractivity contribution in [2.45, 2.75) is 17.1 Å². The Morgan fingerprint density at radius 2 is 1.51 bits per heavy atom. The lowest BCUT2D eigenvalue weighted by atomic mass is 10.1. The molecule has 3 amide bonds. The Labute approximate surface area is 241 Å². The van der Waals surface area contributed by atoms with Crippen molar-refractivity contribution in [1.82, 2.24) is 5.32 Å². The third kappa shape index (κ3) is 7.32. The second kappa shape index (κ2) is 12.8. The molecule has 0 saturated heterocycles. The van der Waals surface area contributed by atoms with Gasteiger partial charge in [-0.3, -0.25) is 14.4 Å². The van der Waals surface area contributed by atoms with Gasteiger partial charge in [0.1, 0.15) is 11.5 Å². The molecule has 7 nitrogen and oxygen atoms in total. The van der Waals surface area contributed by atoms with Crippen molar-refractivity contribution in [2.75, 3.05) is 10.6 Å². The van der Waals surface area contributed by atoms with Crippen molar-refractivity contribution in [3.8, 4) is 0 Å². The molecule has 204 valence electrons. The van der Waals surface area contributed by atoms with E-state index in [4.69, 9.17) is 4.42 Å². The Morgan fingerprint density at radius 3 is 2.29 bits per heavy atom. The fourth-order valence-corrected chi connectivity index (χ4v) is 5.00. The highest BCUT2D eigenvalue weighted by Crippen LogP contribution is 2.27. The molecule has 0 bridgehead atoms. The van der Waals surface area contributed by atoms with Gasteiger partial charge in [0.25, 0.3) is 11.8 Å². The largest absolute Gasteiger partial charge is 0.465 e. The molecule has 5 rings (SSSR count). The van der Waals surface area contributed by atoms with Crippen molar-refractivity contribution in [3.05, 3.63) is 132 Å². The molecule has 0 aliphatic rings. The summed E-state index contributed by atoms with van der Waals surface area (Å²) in [5.41, 5.74) is 1.69. The number of anilines is 2. The summed E-state index contributed by atoms with van der Waals surface area (Å²) < 4.78 is 5.35. The maximum Gasteiger partial charge on any atom is 0.272 e. The lowest BCUT2D eigenvalue weighted by Crippen LogP contribution is -2.30. The Bertz CT molecular complexity index is 1720. The quantitative estimate of drug-likeness (QED) is 0.133. The van der Waals surface area contributed by atoms with E-state index >= 15 is 0 Å². The number of nitrogens with one attached hydrogen (secondary N) is 3. The Morgan fingerprint density at radius 1 is 0.756 bits per heavy atom. The van der Waals surface area contributed by atoms with E-state index in [2.05, 4.69) is 16.0 Å². The van der Waals surface area contributed by atoms with Gasteiger partial charge in [-0.1, -0.05) is 54.6 Å². The van der Waals surface area contributed by atoms with Gasteiger partial charge in [0.2, 0.25) is 5.91 Å². The molecule has 0 saturated carbocycles. The van der Waals surface area contributed by atoms with Crippen LogP contribution in [-0.2, 0) is 9.59 Å². The van der Waals surface area contributed by atoms with Gasteiger partial charge < -0.3 is 20.4 Å². The number of thioether (sulfide) groups is 1. The van der Waals surface area contributed by atoms with Gasteiger partial charge in [0, 0.05) is 27.9 Å². The smallest absolute Gasteiger partial charge is 0.272 e. The molecular weight excluding hydrogens is 534 g/mol. The van der Waals surface area contributed by atoms with E-state index in [0.717, 1.165) is 21.4 Å². The van der Waals surface area contributed by atoms with Crippen LogP contribution in [-0.4, -0.2) is 23.0 Å². The van der Waals surface area contributed by atoms with Gasteiger partial charge in [-0.25, -0.2) is 0 Å². The average molecular weight is 562 g/mol. The summed E-state index contributed by atoms with van der Waals surface area (Å²) >= 11 is 1.37. The van der Waals surface area contributed by atoms with Crippen LogP contribution in [0.15, 0.2) is 130 Å². The summed E-state index contributed by atoms with van der Waals surface area (Å²) in [5.74, 6) is -0.657. The van der Waals surface area contributed by atoms with Crippen molar-refractivity contribution in [3.63, 3.8) is 0 Å². The lowest BCUT2D eigenvalue weighted by Gasteiger charge is -2.14. The molecule has 5 aromatic rings. The molecule has 3 N–H and O–H groups in total. The minimum Gasteiger partial charge on any atom is -0.465 e. The summed E-state index contributed by atoms with van der Waals surface area (Å²) in [6.45, 7) is 1.83. The van der Waals surface area contributed by atoms with Crippen LogP contribution < -0.4 is 16.0 Å². The molecular formula is C33H27N3O4S. The highest BCUT2D eigenvalue weighted by Gasteiger charge is 2.18. The molecule has 1 aromatic heterocycles. The molecule has 4 aromatic carbocycles. The van der Waals surface area contributed by atoms with Crippen LogP contribution in [0.1, 0.15) is 23.0 Å². The fraction of sp³-hybridized carbons (Fsp3) is 0.0606. The number of rotatable bonds is 9. The first-order valence-corrected chi connectivity index (χ1v) is 13.8. The Balaban J connectivity index is 1.25. The molecule has 0 spiro atoms. The van der Waals surface area contributed by atoms with Crippen molar-refractivity contribution < 1.29 is 18.8 Å². The number of carbonyl (C=O) groups is 3. The first-order valence-electron chi connectivity index (χ1n) is 12.9. The van der Waals surface area contributed by atoms with Crippen LogP contribution in [0.4, 0.5) is 11.4 Å². The van der Waals surface area contributed by atoms with E-state index in [0.29, 0.717) is 17.0 Å². The SMILES string of the molecule is CC(Sc1cccc(NC(=O)/C(=C/c2ccco2)NC(=O)c2ccccc2)c1)C(=O)Nc1ccc2ccccc2c1. The molecule has 1 unspecified atom stereocenters. The first-order chi connectivity index (χ1) is 19.9. The summed E-state index contributed by atoms with van der Waals surface area (Å²) in [4.78, 5) is 39.7. The number of furan rings is 1. The Kier molecular flexibility index (Phi) is 8.61. The number of hydrogen-bond acceptors (Lipinski definition) is 5. The van der Waals surface area contributed by atoms with E-state index in [1.807, 2.05) is 61.5 Å². The molecule has 41 heavy (non-hydrogen) atoms. The number of fused-ring (bicyclic) bond motifs is 1. The van der Waals surface area contributed by atoms with Crippen LogP contribution in [0, 0.1) is 0 Å². The van der Waals surface area contributed by atoms with Crippen LogP contribution in [0.2, 0.25) is 0 Å². The third-order valence-electron chi connectivity index (χ3n) is 6.15. The molecule has 0 aliphatic carbocycles. The number of amides is 3. The van der Waals surface area contributed by atoms with E-state index < -0.39 is 17.1 Å². The second-order valence-electron chi connectivity index (χ2n) is 9.19. The highest BCUT2D eigenvalue weighted by molar-refractivity contribution is 8.00. The van der Waals surface area contributed by atoms with Crippen LogP contribution in [0.5, 0.6) is 0 Å². The van der Waals surface area contributed by atoms with E-state index in [-0.39, 0.29) is 11.6 Å². The molecule has 0 aliphatic heterocycles. The lowest BCUT2D eigenvalue weighted by molar-refractivity contribution is -0.115. The zero-order valence-electron chi connectivity index (χ0n) is 22.2. The van der Waals surface area contributed by atoms with Crippen molar-refractivity contribution >= 4 is 57.7 Å². The highest BCUT2D eigenvalue weighted by atomic mass is 32.2. The van der Waals surface area contributed by atoms with Gasteiger partial charge in [-0.05, 0) is 72.3 Å².